The minimum atomic E-state index is -0.581. The number of amides is 1. The van der Waals surface area contributed by atoms with E-state index in [1.54, 1.807) is 39.0 Å². The van der Waals surface area contributed by atoms with Gasteiger partial charge in [0.2, 0.25) is 0 Å². The van der Waals surface area contributed by atoms with Crippen LogP contribution in [0.15, 0.2) is 18.2 Å². The summed E-state index contributed by atoms with van der Waals surface area (Å²) in [6.45, 7) is 7.65. The van der Waals surface area contributed by atoms with E-state index in [4.69, 9.17) is 14.7 Å². The first kappa shape index (κ1) is 14.8. The van der Waals surface area contributed by atoms with Crippen LogP contribution >= 0.6 is 0 Å². The molecule has 0 spiro atoms. The lowest BCUT2D eigenvalue weighted by Gasteiger charge is -2.20. The van der Waals surface area contributed by atoms with Crippen LogP contribution < -0.4 is 10.1 Å². The predicted octanol–water partition coefficient (Wildman–Crippen LogP) is 3.30. The first-order valence-electron chi connectivity index (χ1n) is 6.02. The monoisotopic (exact) mass is 262 g/mol. The lowest BCUT2D eigenvalue weighted by molar-refractivity contribution is 0.0635. The third-order valence-electron chi connectivity index (χ3n) is 2.04. The molecule has 0 fully saturated rings. The zero-order valence-electron chi connectivity index (χ0n) is 11.6. The van der Waals surface area contributed by atoms with Crippen LogP contribution in [-0.2, 0) is 4.74 Å². The fourth-order valence-electron chi connectivity index (χ4n) is 1.39. The molecule has 1 amide bonds. The van der Waals surface area contributed by atoms with Crippen LogP contribution in [0.25, 0.3) is 0 Å². The van der Waals surface area contributed by atoms with Gasteiger partial charge in [-0.05, 0) is 45.9 Å². The van der Waals surface area contributed by atoms with Crippen LogP contribution in [0.5, 0.6) is 5.75 Å². The minimum Gasteiger partial charge on any atom is -0.492 e. The number of benzene rings is 1. The smallest absolute Gasteiger partial charge is 0.412 e. The van der Waals surface area contributed by atoms with Crippen LogP contribution in [-0.4, -0.2) is 18.3 Å². The summed E-state index contributed by atoms with van der Waals surface area (Å²) >= 11 is 0. The van der Waals surface area contributed by atoms with E-state index in [0.717, 1.165) is 0 Å². The molecular formula is C14H18N2O3. The number of nitrogens with one attached hydrogen (secondary N) is 1. The Morgan fingerprint density at radius 3 is 2.63 bits per heavy atom. The number of hydrogen-bond donors (Lipinski definition) is 1. The van der Waals surface area contributed by atoms with Gasteiger partial charge in [0, 0.05) is 0 Å². The topological polar surface area (TPSA) is 71.3 Å². The van der Waals surface area contributed by atoms with E-state index in [1.165, 1.54) is 0 Å². The van der Waals surface area contributed by atoms with E-state index >= 15 is 0 Å². The normalized spacial score (nSPS) is 10.5. The highest BCUT2D eigenvalue weighted by atomic mass is 16.6. The molecule has 5 heteroatoms. The Morgan fingerprint density at radius 2 is 2.11 bits per heavy atom. The van der Waals surface area contributed by atoms with Gasteiger partial charge in [0.1, 0.15) is 11.4 Å². The molecule has 0 unspecified atom stereocenters. The Kier molecular flexibility index (Phi) is 4.76. The Hall–Kier alpha value is -2.22. The first-order valence-corrected chi connectivity index (χ1v) is 6.02. The van der Waals surface area contributed by atoms with Crippen LogP contribution in [0.3, 0.4) is 0 Å². The molecule has 0 aromatic heterocycles. The number of hydrogen-bond acceptors (Lipinski definition) is 4. The average Bonchev–Trinajstić information content (AvgIpc) is 2.29. The van der Waals surface area contributed by atoms with Crippen LogP contribution in [0, 0.1) is 11.3 Å². The summed E-state index contributed by atoms with van der Waals surface area (Å²) < 4.78 is 10.5. The first-order chi connectivity index (χ1) is 8.85. The van der Waals surface area contributed by atoms with E-state index in [2.05, 4.69) is 5.32 Å². The maximum Gasteiger partial charge on any atom is 0.412 e. The van der Waals surface area contributed by atoms with Crippen molar-refractivity contribution in [3.8, 4) is 11.8 Å². The number of carbonyl (C=O) groups excluding carboxylic acids is 1. The van der Waals surface area contributed by atoms with Crippen molar-refractivity contribution in [1.82, 2.24) is 0 Å². The van der Waals surface area contributed by atoms with Crippen LogP contribution in [0.2, 0.25) is 0 Å². The molecule has 102 valence electrons. The molecule has 0 heterocycles. The van der Waals surface area contributed by atoms with Crippen molar-refractivity contribution in [2.45, 2.75) is 33.3 Å². The van der Waals surface area contributed by atoms with Gasteiger partial charge in [-0.15, -0.1) is 0 Å². The molecule has 1 rings (SSSR count). The maximum atomic E-state index is 11.7. The third kappa shape index (κ3) is 4.88. The Labute approximate surface area is 113 Å². The van der Waals surface area contributed by atoms with E-state index in [-0.39, 0.29) is 0 Å². The van der Waals surface area contributed by atoms with Gasteiger partial charge in [-0.2, -0.15) is 5.26 Å². The molecule has 0 saturated carbocycles. The lowest BCUT2D eigenvalue weighted by Crippen LogP contribution is -2.27. The molecular weight excluding hydrogens is 244 g/mol. The number of ether oxygens (including phenoxy) is 2. The van der Waals surface area contributed by atoms with Crippen molar-refractivity contribution in [1.29, 1.82) is 5.26 Å². The van der Waals surface area contributed by atoms with Gasteiger partial charge >= 0.3 is 6.09 Å². The summed E-state index contributed by atoms with van der Waals surface area (Å²) in [6, 6.07) is 6.84. The van der Waals surface area contributed by atoms with Crippen molar-refractivity contribution in [3.05, 3.63) is 23.8 Å². The highest BCUT2D eigenvalue weighted by Crippen LogP contribution is 2.26. The molecule has 1 N–H and O–H groups in total. The fourth-order valence-corrected chi connectivity index (χ4v) is 1.39. The van der Waals surface area contributed by atoms with Crippen molar-refractivity contribution >= 4 is 11.8 Å². The highest BCUT2D eigenvalue weighted by molar-refractivity contribution is 5.87. The highest BCUT2D eigenvalue weighted by Gasteiger charge is 2.17. The summed E-state index contributed by atoms with van der Waals surface area (Å²) in [7, 11) is 0. The number of anilines is 1. The molecule has 5 nitrogen and oxygen atoms in total. The lowest BCUT2D eigenvalue weighted by atomic mass is 10.2. The minimum absolute atomic E-state index is 0.426. The van der Waals surface area contributed by atoms with Gasteiger partial charge in [-0.1, -0.05) is 0 Å². The second kappa shape index (κ2) is 6.10. The molecule has 0 bridgehead atoms. The molecule has 0 aliphatic heterocycles. The predicted molar refractivity (Wildman–Crippen MR) is 72.2 cm³/mol. The molecule has 0 radical (unpaired) electrons. The number of carbonyl (C=O) groups is 1. The number of nitriles is 1. The number of rotatable bonds is 3. The second-order valence-corrected chi connectivity index (χ2v) is 4.88. The van der Waals surface area contributed by atoms with Crippen LogP contribution in [0.4, 0.5) is 10.5 Å². The largest absolute Gasteiger partial charge is 0.492 e. The van der Waals surface area contributed by atoms with Gasteiger partial charge in [0.05, 0.1) is 23.9 Å². The zero-order valence-corrected chi connectivity index (χ0v) is 11.6. The van der Waals surface area contributed by atoms with Gasteiger partial charge in [0.15, 0.2) is 0 Å². The van der Waals surface area contributed by atoms with Crippen molar-refractivity contribution in [2.75, 3.05) is 11.9 Å². The van der Waals surface area contributed by atoms with Gasteiger partial charge in [-0.3, -0.25) is 5.32 Å². The Bertz CT molecular complexity index is 498. The molecule has 19 heavy (non-hydrogen) atoms. The van der Waals surface area contributed by atoms with E-state index in [1.807, 2.05) is 13.0 Å². The summed E-state index contributed by atoms with van der Waals surface area (Å²) in [5, 5.41) is 11.5. The molecule has 0 aliphatic rings. The van der Waals surface area contributed by atoms with E-state index < -0.39 is 11.7 Å². The third-order valence-corrected chi connectivity index (χ3v) is 2.04. The molecule has 0 atom stereocenters. The standard InChI is InChI=1S/C14H18N2O3/c1-5-18-12-7-6-10(9-15)8-11(12)16-13(17)19-14(2,3)4/h6-8H,5H2,1-4H3,(H,16,17). The van der Waals surface area contributed by atoms with Gasteiger partial charge in [-0.25, -0.2) is 4.79 Å². The molecule has 1 aromatic rings. The Balaban J connectivity index is 2.91. The van der Waals surface area contributed by atoms with Gasteiger partial charge < -0.3 is 9.47 Å². The Morgan fingerprint density at radius 1 is 1.42 bits per heavy atom. The fraction of sp³-hybridized carbons (Fsp3) is 0.429. The van der Waals surface area contributed by atoms with Crippen molar-refractivity contribution < 1.29 is 14.3 Å². The summed E-state index contributed by atoms with van der Waals surface area (Å²) in [4.78, 5) is 11.7. The quantitative estimate of drug-likeness (QED) is 0.907. The van der Waals surface area contributed by atoms with Crippen molar-refractivity contribution in [2.24, 2.45) is 0 Å². The van der Waals surface area contributed by atoms with Gasteiger partial charge in [0.25, 0.3) is 0 Å². The number of nitrogens with zero attached hydrogens (tertiary/aromatic N) is 1. The maximum absolute atomic E-state index is 11.7. The summed E-state index contributed by atoms with van der Waals surface area (Å²) in [6.07, 6.45) is -0.580. The molecule has 0 saturated heterocycles. The zero-order chi connectivity index (χ0) is 14.5. The molecule has 1 aromatic carbocycles. The van der Waals surface area contributed by atoms with Crippen molar-refractivity contribution in [3.63, 3.8) is 0 Å². The SMILES string of the molecule is CCOc1ccc(C#N)cc1NC(=O)OC(C)(C)C. The average molecular weight is 262 g/mol. The second-order valence-electron chi connectivity index (χ2n) is 4.88. The summed E-state index contributed by atoms with van der Waals surface area (Å²) in [5.74, 6) is 0.507. The molecule has 0 aliphatic carbocycles. The van der Waals surface area contributed by atoms with E-state index in [9.17, 15) is 4.79 Å². The summed E-state index contributed by atoms with van der Waals surface area (Å²) in [5.41, 5.74) is 0.285. The van der Waals surface area contributed by atoms with Crippen LogP contribution in [0.1, 0.15) is 33.3 Å². The van der Waals surface area contributed by atoms with E-state index in [0.29, 0.717) is 23.6 Å².